The second kappa shape index (κ2) is 7.27. The van der Waals surface area contributed by atoms with E-state index in [-0.39, 0.29) is 0 Å². The molecule has 2 rings (SSSR count). The Morgan fingerprint density at radius 2 is 1.67 bits per heavy atom. The molecular weight excluding hydrogens is 332 g/mol. The first-order chi connectivity index (χ1) is 10.1. The fraction of sp³-hybridized carbons (Fsp3) is 0.235. The van der Waals surface area contributed by atoms with Gasteiger partial charge in [-0.2, -0.15) is 0 Å². The molecule has 0 aliphatic carbocycles. The van der Waals surface area contributed by atoms with Crippen LogP contribution in [0.4, 0.5) is 0 Å². The van der Waals surface area contributed by atoms with Crippen molar-refractivity contribution in [3.63, 3.8) is 0 Å². The van der Waals surface area contributed by atoms with E-state index in [1.165, 1.54) is 5.56 Å². The maximum absolute atomic E-state index is 10.7. The molecule has 0 aliphatic heterocycles. The predicted molar refractivity (Wildman–Crippen MR) is 86.4 cm³/mol. The van der Waals surface area contributed by atoms with Gasteiger partial charge in [0.1, 0.15) is 31.0 Å². The molecule has 0 aromatic heterocycles. The highest BCUT2D eigenvalue weighted by atomic mass is 79.9. The van der Waals surface area contributed by atoms with Crippen LogP contribution in [0.5, 0.6) is 11.5 Å². The highest BCUT2D eigenvalue weighted by Crippen LogP contribution is 2.25. The Morgan fingerprint density at radius 1 is 1.00 bits per heavy atom. The summed E-state index contributed by atoms with van der Waals surface area (Å²) in [5.41, 5.74) is 2.95. The summed E-state index contributed by atoms with van der Waals surface area (Å²) in [5, 5.41) is 0. The summed E-state index contributed by atoms with van der Waals surface area (Å²) < 4.78 is 12.1. The van der Waals surface area contributed by atoms with E-state index in [4.69, 9.17) is 9.47 Å². The highest BCUT2D eigenvalue weighted by Gasteiger charge is 2.03. The average molecular weight is 349 g/mol. The van der Waals surface area contributed by atoms with Crippen LogP contribution in [0.2, 0.25) is 0 Å². The summed E-state index contributed by atoms with van der Waals surface area (Å²) in [4.78, 5) is 10.7. The van der Waals surface area contributed by atoms with Crippen molar-refractivity contribution in [1.82, 2.24) is 0 Å². The quantitative estimate of drug-likeness (QED) is 0.575. The molecule has 2 aromatic carbocycles. The summed E-state index contributed by atoms with van der Waals surface area (Å²) in [6, 6.07) is 11.3. The lowest BCUT2D eigenvalue weighted by atomic mass is 10.1. The maximum Gasteiger partial charge on any atom is 0.150 e. The van der Waals surface area contributed by atoms with Crippen molar-refractivity contribution in [3.8, 4) is 11.5 Å². The van der Waals surface area contributed by atoms with E-state index in [1.807, 2.05) is 19.1 Å². The molecule has 0 radical (unpaired) electrons. The number of hydrogen-bond donors (Lipinski definition) is 0. The van der Waals surface area contributed by atoms with Crippen molar-refractivity contribution < 1.29 is 14.3 Å². The van der Waals surface area contributed by atoms with E-state index < -0.39 is 0 Å². The molecule has 21 heavy (non-hydrogen) atoms. The van der Waals surface area contributed by atoms with Gasteiger partial charge in [-0.05, 0) is 59.6 Å². The van der Waals surface area contributed by atoms with E-state index in [9.17, 15) is 4.79 Å². The van der Waals surface area contributed by atoms with Crippen molar-refractivity contribution in [2.45, 2.75) is 13.8 Å². The number of rotatable bonds is 6. The molecule has 0 fully saturated rings. The van der Waals surface area contributed by atoms with Gasteiger partial charge < -0.3 is 9.47 Å². The number of halogens is 1. The fourth-order valence-corrected chi connectivity index (χ4v) is 2.48. The number of carbonyl (C=O) groups is 1. The van der Waals surface area contributed by atoms with Crippen molar-refractivity contribution in [2.75, 3.05) is 13.2 Å². The largest absolute Gasteiger partial charge is 0.490 e. The minimum atomic E-state index is 0.437. The molecule has 0 bridgehead atoms. The molecule has 4 heteroatoms. The molecule has 0 heterocycles. The number of aryl methyl sites for hydroxylation is 2. The number of benzene rings is 2. The van der Waals surface area contributed by atoms with Crippen molar-refractivity contribution in [3.05, 3.63) is 57.6 Å². The second-order valence-electron chi connectivity index (χ2n) is 4.77. The smallest absolute Gasteiger partial charge is 0.150 e. The summed E-state index contributed by atoms with van der Waals surface area (Å²) in [7, 11) is 0. The number of hydrogen-bond acceptors (Lipinski definition) is 3. The van der Waals surface area contributed by atoms with Crippen LogP contribution in [0, 0.1) is 13.8 Å². The Balaban J connectivity index is 1.86. The van der Waals surface area contributed by atoms with Crippen LogP contribution in [-0.4, -0.2) is 19.5 Å². The third kappa shape index (κ3) is 4.33. The predicted octanol–water partition coefficient (Wildman–Crippen LogP) is 4.34. The monoisotopic (exact) mass is 348 g/mol. The zero-order valence-corrected chi connectivity index (χ0v) is 13.6. The lowest BCUT2D eigenvalue weighted by Crippen LogP contribution is -2.10. The van der Waals surface area contributed by atoms with Gasteiger partial charge in [-0.25, -0.2) is 0 Å². The Kier molecular flexibility index (Phi) is 5.39. The van der Waals surface area contributed by atoms with Crippen LogP contribution < -0.4 is 9.47 Å². The molecule has 0 saturated heterocycles. The van der Waals surface area contributed by atoms with Crippen LogP contribution in [0.25, 0.3) is 0 Å². The minimum absolute atomic E-state index is 0.437. The van der Waals surface area contributed by atoms with E-state index in [2.05, 4.69) is 28.9 Å². The van der Waals surface area contributed by atoms with Crippen molar-refractivity contribution in [2.24, 2.45) is 0 Å². The minimum Gasteiger partial charge on any atom is -0.490 e. The molecule has 110 valence electrons. The first-order valence-electron chi connectivity index (χ1n) is 6.68. The van der Waals surface area contributed by atoms with Crippen molar-refractivity contribution >= 4 is 22.2 Å². The Bertz CT molecular complexity index is 638. The fourth-order valence-electron chi connectivity index (χ4n) is 1.97. The summed E-state index contributed by atoms with van der Waals surface area (Å²) >= 11 is 3.38. The van der Waals surface area contributed by atoms with E-state index in [1.54, 1.807) is 18.2 Å². The molecule has 2 aromatic rings. The molecule has 0 spiro atoms. The average Bonchev–Trinajstić information content (AvgIpc) is 2.46. The van der Waals surface area contributed by atoms with Crippen LogP contribution in [0.15, 0.2) is 40.9 Å². The van der Waals surface area contributed by atoms with Gasteiger partial charge in [-0.1, -0.05) is 17.7 Å². The second-order valence-corrected chi connectivity index (χ2v) is 5.63. The third-order valence-electron chi connectivity index (χ3n) is 3.02. The topological polar surface area (TPSA) is 35.5 Å². The van der Waals surface area contributed by atoms with Crippen LogP contribution >= 0.6 is 15.9 Å². The SMILES string of the molecule is Cc1ccc(OCCOc2ccc(C=O)cc2Br)c(C)c1. The Morgan fingerprint density at radius 3 is 2.29 bits per heavy atom. The van der Waals surface area contributed by atoms with Crippen LogP contribution in [0.1, 0.15) is 21.5 Å². The first kappa shape index (κ1) is 15.6. The van der Waals surface area contributed by atoms with Gasteiger partial charge in [0.05, 0.1) is 4.47 Å². The van der Waals surface area contributed by atoms with Gasteiger partial charge >= 0.3 is 0 Å². The van der Waals surface area contributed by atoms with Crippen LogP contribution in [0.3, 0.4) is 0 Å². The highest BCUT2D eigenvalue weighted by molar-refractivity contribution is 9.10. The summed E-state index contributed by atoms with van der Waals surface area (Å²) in [6.07, 6.45) is 0.803. The van der Waals surface area contributed by atoms with Crippen molar-refractivity contribution in [1.29, 1.82) is 0 Å². The normalized spacial score (nSPS) is 10.2. The van der Waals surface area contributed by atoms with Gasteiger partial charge in [0.2, 0.25) is 0 Å². The Hall–Kier alpha value is -1.81. The molecule has 0 aliphatic rings. The lowest BCUT2D eigenvalue weighted by molar-refractivity contribution is 0.112. The van der Waals surface area contributed by atoms with Gasteiger partial charge in [0.25, 0.3) is 0 Å². The molecule has 0 atom stereocenters. The van der Waals surface area contributed by atoms with Gasteiger partial charge in [-0.15, -0.1) is 0 Å². The molecule has 0 amide bonds. The lowest BCUT2D eigenvalue weighted by Gasteiger charge is -2.11. The van der Waals surface area contributed by atoms with Gasteiger partial charge in [0, 0.05) is 5.56 Å². The number of carbonyl (C=O) groups excluding carboxylic acids is 1. The zero-order valence-electron chi connectivity index (χ0n) is 12.1. The summed E-state index contributed by atoms with van der Waals surface area (Å²) in [6.45, 7) is 4.98. The third-order valence-corrected chi connectivity index (χ3v) is 3.64. The van der Waals surface area contributed by atoms with E-state index in [0.29, 0.717) is 24.5 Å². The standard InChI is InChI=1S/C17H17BrO3/c1-12-3-5-16(13(2)9-12)20-7-8-21-17-6-4-14(11-19)10-15(17)18/h3-6,9-11H,7-8H2,1-2H3. The Labute approximate surface area is 133 Å². The molecule has 0 N–H and O–H groups in total. The van der Waals surface area contributed by atoms with Gasteiger partial charge in [-0.3, -0.25) is 4.79 Å². The van der Waals surface area contributed by atoms with Crippen LogP contribution in [-0.2, 0) is 0 Å². The molecule has 3 nitrogen and oxygen atoms in total. The maximum atomic E-state index is 10.7. The molecule has 0 unspecified atom stereocenters. The van der Waals surface area contributed by atoms with Gasteiger partial charge in [0.15, 0.2) is 0 Å². The zero-order chi connectivity index (χ0) is 15.2. The number of aldehydes is 1. The first-order valence-corrected chi connectivity index (χ1v) is 7.47. The van der Waals surface area contributed by atoms with E-state index in [0.717, 1.165) is 22.1 Å². The molecule has 0 saturated carbocycles. The van der Waals surface area contributed by atoms with E-state index >= 15 is 0 Å². The molecular formula is C17H17BrO3. The summed E-state index contributed by atoms with van der Waals surface area (Å²) in [5.74, 6) is 1.57. The number of ether oxygens (including phenoxy) is 2.